The summed E-state index contributed by atoms with van der Waals surface area (Å²) >= 11 is 0. The summed E-state index contributed by atoms with van der Waals surface area (Å²) in [5.74, 6) is 1.02. The summed E-state index contributed by atoms with van der Waals surface area (Å²) in [5, 5.41) is 0. The van der Waals surface area contributed by atoms with Crippen molar-refractivity contribution in [2.24, 2.45) is 0 Å². The first-order chi connectivity index (χ1) is 13.6. The van der Waals surface area contributed by atoms with Gasteiger partial charge in [-0.3, -0.25) is 9.36 Å². The number of benzene rings is 2. The summed E-state index contributed by atoms with van der Waals surface area (Å²) in [7, 11) is 0. The first-order valence-corrected chi connectivity index (χ1v) is 9.22. The van der Waals surface area contributed by atoms with Gasteiger partial charge in [-0.2, -0.15) is 0 Å². The van der Waals surface area contributed by atoms with Crippen LogP contribution in [0.1, 0.15) is 24.7 Å². The molecule has 2 aromatic heterocycles. The van der Waals surface area contributed by atoms with Gasteiger partial charge in [-0.25, -0.2) is 9.37 Å². The average Bonchev–Trinajstić information content (AvgIpc) is 3.09. The van der Waals surface area contributed by atoms with Crippen molar-refractivity contribution in [1.82, 2.24) is 14.5 Å². The number of aryl methyl sites for hydroxylation is 1. The Morgan fingerprint density at radius 1 is 1.14 bits per heavy atom. The van der Waals surface area contributed by atoms with E-state index in [0.717, 1.165) is 35.4 Å². The number of pyridine rings is 1. The molecule has 1 N–H and O–H groups in total. The van der Waals surface area contributed by atoms with Crippen LogP contribution in [0.15, 0.2) is 65.6 Å². The van der Waals surface area contributed by atoms with E-state index in [2.05, 4.69) is 16.9 Å². The number of hydrogen-bond acceptors (Lipinski definition) is 3. The Labute approximate surface area is 161 Å². The highest BCUT2D eigenvalue weighted by molar-refractivity contribution is 5.77. The molecule has 0 spiro atoms. The lowest BCUT2D eigenvalue weighted by Gasteiger charge is -2.09. The van der Waals surface area contributed by atoms with Crippen LogP contribution in [0.2, 0.25) is 0 Å². The topological polar surface area (TPSA) is 59.9 Å². The molecule has 0 atom stereocenters. The largest absolute Gasteiger partial charge is 0.489 e. The van der Waals surface area contributed by atoms with E-state index < -0.39 is 0 Å². The minimum Gasteiger partial charge on any atom is -0.489 e. The normalized spacial score (nSPS) is 11.1. The van der Waals surface area contributed by atoms with Crippen LogP contribution in [0.25, 0.3) is 16.7 Å². The summed E-state index contributed by atoms with van der Waals surface area (Å²) in [6, 6.07) is 15.2. The fourth-order valence-electron chi connectivity index (χ4n) is 3.10. The van der Waals surface area contributed by atoms with E-state index in [1.54, 1.807) is 30.5 Å². The average molecular weight is 377 g/mol. The summed E-state index contributed by atoms with van der Waals surface area (Å²) in [4.78, 5) is 20.4. The van der Waals surface area contributed by atoms with E-state index in [0.29, 0.717) is 11.3 Å². The van der Waals surface area contributed by atoms with Crippen LogP contribution < -0.4 is 10.3 Å². The molecule has 0 aliphatic heterocycles. The van der Waals surface area contributed by atoms with Crippen LogP contribution in [0.3, 0.4) is 0 Å². The highest BCUT2D eigenvalue weighted by Crippen LogP contribution is 2.18. The fourth-order valence-corrected chi connectivity index (χ4v) is 3.10. The number of rotatable bonds is 6. The van der Waals surface area contributed by atoms with Gasteiger partial charge in [0.05, 0.1) is 16.7 Å². The van der Waals surface area contributed by atoms with E-state index in [9.17, 15) is 9.18 Å². The van der Waals surface area contributed by atoms with Crippen LogP contribution in [-0.2, 0) is 13.0 Å². The van der Waals surface area contributed by atoms with E-state index in [-0.39, 0.29) is 18.0 Å². The van der Waals surface area contributed by atoms with Crippen molar-refractivity contribution in [3.63, 3.8) is 0 Å². The number of H-pyrrole nitrogens is 1. The van der Waals surface area contributed by atoms with Gasteiger partial charge in [0.2, 0.25) is 0 Å². The van der Waals surface area contributed by atoms with Crippen molar-refractivity contribution >= 4 is 11.0 Å². The number of imidazole rings is 1. The number of nitrogens with zero attached hydrogens (tertiary/aromatic N) is 2. The van der Waals surface area contributed by atoms with E-state index in [1.807, 2.05) is 18.2 Å². The molecule has 2 heterocycles. The van der Waals surface area contributed by atoms with Gasteiger partial charge in [-0.15, -0.1) is 0 Å². The Morgan fingerprint density at radius 3 is 2.79 bits per heavy atom. The minimum absolute atomic E-state index is 0.0659. The highest BCUT2D eigenvalue weighted by Gasteiger charge is 2.07. The standard InChI is InChI=1S/C22H20FN3O2/c1-2-5-21-24-19-9-8-16(12-20(19)25-21)26-11-10-17(13-22(26)27)28-14-15-6-3-4-7-18(15)23/h3-4,6-13H,2,5,14H2,1H3,(H,24,25). The van der Waals surface area contributed by atoms with Crippen molar-refractivity contribution in [3.8, 4) is 11.4 Å². The van der Waals surface area contributed by atoms with Crippen LogP contribution in [0.4, 0.5) is 4.39 Å². The lowest BCUT2D eigenvalue weighted by atomic mass is 10.2. The Bertz CT molecular complexity index is 1180. The van der Waals surface area contributed by atoms with Crippen molar-refractivity contribution in [3.05, 3.63) is 88.4 Å². The molecule has 0 unspecified atom stereocenters. The second-order valence-corrected chi connectivity index (χ2v) is 6.59. The molecule has 0 aliphatic rings. The molecule has 0 fully saturated rings. The van der Waals surface area contributed by atoms with Gasteiger partial charge >= 0.3 is 0 Å². The fraction of sp³-hybridized carbons (Fsp3) is 0.182. The molecule has 2 aromatic carbocycles. The monoisotopic (exact) mass is 377 g/mol. The zero-order valence-electron chi connectivity index (χ0n) is 15.5. The van der Waals surface area contributed by atoms with Crippen LogP contribution in [0.5, 0.6) is 5.75 Å². The number of hydrogen-bond donors (Lipinski definition) is 1. The first-order valence-electron chi connectivity index (χ1n) is 9.22. The molecule has 0 aliphatic carbocycles. The maximum atomic E-state index is 13.7. The van der Waals surface area contributed by atoms with Crippen molar-refractivity contribution in [2.75, 3.05) is 0 Å². The molecular weight excluding hydrogens is 357 g/mol. The molecule has 0 saturated heterocycles. The van der Waals surface area contributed by atoms with E-state index in [1.165, 1.54) is 16.7 Å². The number of aromatic amines is 1. The third-order valence-corrected chi connectivity index (χ3v) is 4.52. The Morgan fingerprint density at radius 2 is 2.00 bits per heavy atom. The predicted molar refractivity (Wildman–Crippen MR) is 106 cm³/mol. The number of halogens is 1. The van der Waals surface area contributed by atoms with Crippen molar-refractivity contribution < 1.29 is 9.13 Å². The highest BCUT2D eigenvalue weighted by atomic mass is 19.1. The molecule has 0 bridgehead atoms. The third-order valence-electron chi connectivity index (χ3n) is 4.52. The van der Waals surface area contributed by atoms with Crippen molar-refractivity contribution in [1.29, 1.82) is 0 Å². The Balaban J connectivity index is 1.56. The molecule has 142 valence electrons. The number of ether oxygens (including phenoxy) is 1. The van der Waals surface area contributed by atoms with Gasteiger partial charge in [0.15, 0.2) is 0 Å². The van der Waals surface area contributed by atoms with Crippen LogP contribution in [0, 0.1) is 5.82 Å². The third kappa shape index (κ3) is 3.67. The second kappa shape index (κ2) is 7.68. The molecule has 0 amide bonds. The molecule has 0 radical (unpaired) electrons. The molecule has 0 saturated carbocycles. The molecule has 6 heteroatoms. The number of fused-ring (bicyclic) bond motifs is 1. The van der Waals surface area contributed by atoms with Crippen LogP contribution >= 0.6 is 0 Å². The molecule has 28 heavy (non-hydrogen) atoms. The maximum Gasteiger partial charge on any atom is 0.258 e. The van der Waals surface area contributed by atoms with E-state index >= 15 is 0 Å². The molecule has 4 rings (SSSR count). The van der Waals surface area contributed by atoms with Gasteiger partial charge in [-0.05, 0) is 36.8 Å². The van der Waals surface area contributed by atoms with E-state index in [4.69, 9.17) is 4.74 Å². The lowest BCUT2D eigenvalue weighted by molar-refractivity contribution is 0.299. The zero-order valence-corrected chi connectivity index (χ0v) is 15.5. The summed E-state index contributed by atoms with van der Waals surface area (Å²) in [6.45, 7) is 2.17. The van der Waals surface area contributed by atoms with Crippen LogP contribution in [-0.4, -0.2) is 14.5 Å². The molecule has 5 nitrogen and oxygen atoms in total. The van der Waals surface area contributed by atoms with Gasteiger partial charge in [-0.1, -0.05) is 25.1 Å². The van der Waals surface area contributed by atoms with Crippen molar-refractivity contribution in [2.45, 2.75) is 26.4 Å². The van der Waals surface area contributed by atoms with Gasteiger partial charge < -0.3 is 9.72 Å². The summed E-state index contributed by atoms with van der Waals surface area (Å²) < 4.78 is 20.8. The second-order valence-electron chi connectivity index (χ2n) is 6.59. The van der Waals surface area contributed by atoms with Gasteiger partial charge in [0.1, 0.15) is 24.0 Å². The Kier molecular flexibility index (Phi) is 4.93. The lowest BCUT2D eigenvalue weighted by Crippen LogP contribution is -2.16. The quantitative estimate of drug-likeness (QED) is 0.542. The SMILES string of the molecule is CCCc1nc2ccc(-n3ccc(OCc4ccccc4F)cc3=O)cc2[nH]1. The number of nitrogens with one attached hydrogen (secondary N) is 1. The summed E-state index contributed by atoms with van der Waals surface area (Å²) in [6.07, 6.45) is 3.56. The van der Waals surface area contributed by atoms with Gasteiger partial charge in [0, 0.05) is 24.2 Å². The smallest absolute Gasteiger partial charge is 0.258 e. The zero-order chi connectivity index (χ0) is 19.5. The predicted octanol–water partition coefficient (Wildman–Crippen LogP) is 4.38. The maximum absolute atomic E-state index is 13.7. The van der Waals surface area contributed by atoms with Gasteiger partial charge in [0.25, 0.3) is 5.56 Å². The first kappa shape index (κ1) is 18.0. The summed E-state index contributed by atoms with van der Waals surface area (Å²) in [5.41, 5.74) is 2.74. The Hall–Kier alpha value is -3.41. The molecule has 4 aromatic rings. The molecular formula is C22H20FN3O2. The number of aromatic nitrogens is 3. The minimum atomic E-state index is -0.328.